The second-order valence-electron chi connectivity index (χ2n) is 21.1. The van der Waals surface area contributed by atoms with E-state index in [1.807, 2.05) is 43.9 Å². The fourth-order valence-corrected chi connectivity index (χ4v) is 11.8. The zero-order chi connectivity index (χ0) is 51.8. The van der Waals surface area contributed by atoms with E-state index in [9.17, 15) is 19.8 Å². The lowest BCUT2D eigenvalue weighted by atomic mass is 9.91. The lowest BCUT2D eigenvalue weighted by molar-refractivity contribution is -0.142. The maximum Gasteiger partial charge on any atom is 0.296 e. The Kier molecular flexibility index (Phi) is 14.3. The van der Waals surface area contributed by atoms with Crippen LogP contribution in [0.25, 0.3) is 11.3 Å². The van der Waals surface area contributed by atoms with E-state index in [1.165, 1.54) is 4.90 Å². The number of aromatic hydroxyl groups is 1. The first-order valence-corrected chi connectivity index (χ1v) is 25.8. The summed E-state index contributed by atoms with van der Waals surface area (Å²) >= 11 is 0. The van der Waals surface area contributed by atoms with E-state index < -0.39 is 42.7 Å². The fourth-order valence-electron chi connectivity index (χ4n) is 11.8. The van der Waals surface area contributed by atoms with Crippen LogP contribution in [0.5, 0.6) is 11.6 Å². The van der Waals surface area contributed by atoms with Gasteiger partial charge < -0.3 is 50.1 Å². The first-order valence-electron chi connectivity index (χ1n) is 25.8. The van der Waals surface area contributed by atoms with Gasteiger partial charge in [-0.15, -0.1) is 10.2 Å². The number of ether oxygens (including phenoxy) is 1. The summed E-state index contributed by atoms with van der Waals surface area (Å²) in [5.41, 5.74) is 10.4. The molecule has 5 aliphatic heterocycles. The summed E-state index contributed by atoms with van der Waals surface area (Å²) in [5.74, 6) is -3.00. The van der Waals surface area contributed by atoms with E-state index in [2.05, 4.69) is 46.4 Å². The van der Waals surface area contributed by atoms with Gasteiger partial charge in [-0.1, -0.05) is 43.3 Å². The van der Waals surface area contributed by atoms with Gasteiger partial charge in [0.05, 0.1) is 41.7 Å². The number of carbonyl (C=O) groups excluding carboxylic acids is 2. The Hall–Kier alpha value is -7.11. The summed E-state index contributed by atoms with van der Waals surface area (Å²) in [7, 11) is 0. The van der Waals surface area contributed by atoms with E-state index in [1.54, 1.807) is 60.8 Å². The number of nitrogens with one attached hydrogen (secondary N) is 1. The number of piperazine rings is 1. The Morgan fingerprint density at radius 1 is 0.946 bits per heavy atom. The van der Waals surface area contributed by atoms with Crippen LogP contribution in [0.2, 0.25) is 0 Å². The lowest BCUT2D eigenvalue weighted by Crippen LogP contribution is -2.55. The minimum atomic E-state index is -3.10. The predicted molar refractivity (Wildman–Crippen MR) is 273 cm³/mol. The SMILES string of the molecule is CC(C)[C@@H](C(=O)N1C[C@H](O)C[C@H]1C(=O)N[C@@H](C)c1ccc(C#N)cc1)c1cc(N2CCC(CN3CC[C@@H](Oc4cc(N5C6CCC5CN(c5cc(-c7ccccc7O)nnc5N)C6)ccn4)C(F)(F)C3)CC2)no1. The highest BCUT2D eigenvalue weighted by molar-refractivity contribution is 5.91. The van der Waals surface area contributed by atoms with Crippen molar-refractivity contribution in [3.8, 4) is 29.0 Å². The molecule has 0 aliphatic carbocycles. The molecule has 390 valence electrons. The van der Waals surface area contributed by atoms with Crippen LogP contribution in [0.3, 0.4) is 0 Å². The summed E-state index contributed by atoms with van der Waals surface area (Å²) in [4.78, 5) is 42.2. The van der Waals surface area contributed by atoms with Gasteiger partial charge in [0, 0.05) is 100 Å². The van der Waals surface area contributed by atoms with Crippen molar-refractivity contribution in [1.29, 1.82) is 5.26 Å². The Balaban J connectivity index is 0.706. The zero-order valence-electron chi connectivity index (χ0n) is 41.9. The first-order chi connectivity index (χ1) is 35.6. The number of carbonyl (C=O) groups is 2. The van der Waals surface area contributed by atoms with Crippen LogP contribution in [-0.4, -0.2) is 141 Å². The zero-order valence-corrected chi connectivity index (χ0v) is 41.9. The second-order valence-corrected chi connectivity index (χ2v) is 21.1. The molecule has 0 saturated carbocycles. The number of anilines is 4. The number of piperidine rings is 2. The smallest absolute Gasteiger partial charge is 0.296 e. The number of alkyl halides is 2. The number of amides is 2. The molecule has 0 spiro atoms. The number of nitrogen functional groups attached to an aromatic ring is 1. The number of aromatic nitrogens is 4. The molecule has 2 unspecified atom stereocenters. The first kappa shape index (κ1) is 50.4. The molecule has 2 amide bonds. The molecule has 20 heteroatoms. The number of fused-ring (bicyclic) bond motifs is 2. The molecule has 18 nitrogen and oxygen atoms in total. The molecular formula is C54H64F2N12O6. The third kappa shape index (κ3) is 10.5. The molecular weight excluding hydrogens is 951 g/mol. The average Bonchev–Trinajstić information content (AvgIpc) is 4.10. The normalized spacial score (nSPS) is 23.9. The van der Waals surface area contributed by atoms with Crippen LogP contribution < -0.4 is 30.5 Å². The summed E-state index contributed by atoms with van der Waals surface area (Å²) in [5, 5.41) is 46.1. The number of pyridine rings is 1. The highest BCUT2D eigenvalue weighted by Gasteiger charge is 2.48. The Bertz CT molecular complexity index is 2840. The molecule has 0 radical (unpaired) electrons. The molecule has 5 N–H and O–H groups in total. The van der Waals surface area contributed by atoms with Gasteiger partial charge in [-0.05, 0) is 86.4 Å². The summed E-state index contributed by atoms with van der Waals surface area (Å²) in [6.45, 7) is 8.86. The van der Waals surface area contributed by atoms with Crippen molar-refractivity contribution in [1.82, 2.24) is 35.5 Å². The molecule has 74 heavy (non-hydrogen) atoms. The number of phenols is 1. The number of halogens is 2. The Labute approximate surface area is 429 Å². The Morgan fingerprint density at radius 3 is 2.39 bits per heavy atom. The van der Waals surface area contributed by atoms with Gasteiger partial charge in [0.15, 0.2) is 23.5 Å². The van der Waals surface area contributed by atoms with Crippen molar-refractivity contribution in [3.63, 3.8) is 0 Å². The highest BCUT2D eigenvalue weighted by atomic mass is 19.3. The summed E-state index contributed by atoms with van der Waals surface area (Å²) in [6, 6.07) is 22.3. The fraction of sp³-hybridized carbons (Fsp3) is 0.500. The van der Waals surface area contributed by atoms with Gasteiger partial charge in [-0.2, -0.15) is 5.26 Å². The van der Waals surface area contributed by atoms with Gasteiger partial charge >= 0.3 is 0 Å². The number of nitrogens with zero attached hydrogens (tertiary/aromatic N) is 10. The summed E-state index contributed by atoms with van der Waals surface area (Å²) < 4.78 is 43.9. The lowest BCUT2D eigenvalue weighted by Gasteiger charge is -2.43. The quantitative estimate of drug-likeness (QED) is 0.0982. The number of nitrogens with two attached hydrogens (primary N) is 1. The second kappa shape index (κ2) is 21.0. The largest absolute Gasteiger partial charge is 0.507 e. The van der Waals surface area contributed by atoms with E-state index >= 15 is 8.78 Å². The van der Waals surface area contributed by atoms with Crippen LogP contribution in [0, 0.1) is 23.2 Å². The topological polar surface area (TPSA) is 227 Å². The van der Waals surface area contributed by atoms with E-state index in [0.717, 1.165) is 42.6 Å². The molecule has 8 heterocycles. The van der Waals surface area contributed by atoms with Crippen LogP contribution >= 0.6 is 0 Å². The average molecular weight is 1020 g/mol. The summed E-state index contributed by atoms with van der Waals surface area (Å²) in [6.07, 6.45) is 3.12. The number of phenolic OH excluding ortho intramolecular Hbond substituents is 1. The maximum absolute atomic E-state index is 16.0. The molecule has 2 bridgehead atoms. The van der Waals surface area contributed by atoms with E-state index in [0.29, 0.717) is 73.5 Å². The minimum absolute atomic E-state index is 0.0115. The van der Waals surface area contributed by atoms with E-state index in [4.69, 9.17) is 20.3 Å². The van der Waals surface area contributed by atoms with Crippen molar-refractivity contribution >= 4 is 34.8 Å². The van der Waals surface area contributed by atoms with E-state index in [-0.39, 0.29) is 66.7 Å². The standard InChI is InChI=1S/C54H64F2N12O6/c1-32(2)50(53(72)67-30-40(69)23-44(67)52(71)60-33(3)36-10-8-34(26-57)9-11-36)46-25-48(63-74-46)65-20-15-35(16-21-65)27-64-19-17-47(54(55,56)31-64)73-49-22-37(14-18-59-49)68-38-12-13-39(68)29-66(28-38)43-24-42(61-62-51(43)58)41-6-4-5-7-45(41)70/h4-11,14,18,22,24-25,32-33,35,38-40,44,47,50,69-70H,12-13,15-17,19-21,23,27-31H2,1-3H3,(H2,58,62)(H,60,71)/t33-,38?,39?,40+,44-,47+,50+/m0/s1. The van der Waals surface area contributed by atoms with Crippen molar-refractivity contribution in [2.75, 3.05) is 72.8 Å². The van der Waals surface area contributed by atoms with Crippen molar-refractivity contribution in [2.24, 2.45) is 11.8 Å². The minimum Gasteiger partial charge on any atom is -0.507 e. The van der Waals surface area contributed by atoms with Crippen LogP contribution in [0.15, 0.2) is 83.5 Å². The number of hydrogen-bond acceptors (Lipinski definition) is 16. The number of para-hydroxylation sites is 1. The number of nitriles is 1. The van der Waals surface area contributed by atoms with Crippen LogP contribution in [-0.2, 0) is 9.59 Å². The number of benzene rings is 2. The number of hydrogen-bond donors (Lipinski definition) is 4. The molecule has 2 aromatic carbocycles. The van der Waals surface area contributed by atoms with Crippen molar-refractivity contribution in [3.05, 3.63) is 95.9 Å². The van der Waals surface area contributed by atoms with Crippen molar-refractivity contribution in [2.45, 2.75) is 108 Å². The molecule has 7 atom stereocenters. The molecule has 5 aliphatic rings. The Morgan fingerprint density at radius 2 is 1.69 bits per heavy atom. The van der Waals surface area contributed by atoms with Gasteiger partial charge in [-0.3, -0.25) is 14.5 Å². The van der Waals surface area contributed by atoms with Crippen LogP contribution in [0.1, 0.15) is 88.1 Å². The van der Waals surface area contributed by atoms with Crippen molar-refractivity contribution < 1.29 is 37.8 Å². The molecule has 10 rings (SSSR count). The molecule has 5 aromatic rings. The third-order valence-corrected chi connectivity index (χ3v) is 15.7. The number of aliphatic hydroxyl groups excluding tert-OH is 1. The van der Waals surface area contributed by atoms with Gasteiger partial charge in [0.1, 0.15) is 17.7 Å². The number of likely N-dealkylation sites (tertiary alicyclic amines) is 2. The van der Waals surface area contributed by atoms with Gasteiger partial charge in [0.2, 0.25) is 17.7 Å². The third-order valence-electron chi connectivity index (χ3n) is 15.7. The van der Waals surface area contributed by atoms with Gasteiger partial charge in [0.25, 0.3) is 5.92 Å². The maximum atomic E-state index is 16.0. The number of β-amino-alcohol motifs (C(OH)–C–C–N with tert-alkyl or cyclic N) is 1. The van der Waals surface area contributed by atoms with Crippen LogP contribution in [0.4, 0.5) is 31.8 Å². The molecule has 5 fully saturated rings. The predicted octanol–water partition coefficient (Wildman–Crippen LogP) is 6.13. The number of rotatable bonds is 14. The highest BCUT2D eigenvalue weighted by Crippen LogP contribution is 2.41. The molecule has 3 aromatic heterocycles. The molecule has 5 saturated heterocycles. The number of aliphatic hydroxyl groups is 1. The van der Waals surface area contributed by atoms with Gasteiger partial charge in [-0.25, -0.2) is 13.8 Å². The monoisotopic (exact) mass is 1010 g/mol.